The van der Waals surface area contributed by atoms with Gasteiger partial charge in [-0.15, -0.1) is 0 Å². The lowest BCUT2D eigenvalue weighted by Crippen LogP contribution is -1.95. The second-order valence-corrected chi connectivity index (χ2v) is 14.9. The lowest BCUT2D eigenvalue weighted by molar-refractivity contribution is 0.669. The molecule has 9 aromatic carbocycles. The van der Waals surface area contributed by atoms with E-state index < -0.39 is 0 Å². The number of rotatable bonds is 5. The zero-order chi connectivity index (χ0) is 38.2. The quantitative estimate of drug-likeness (QED) is 0.177. The molecule has 3 aromatic heterocycles. The van der Waals surface area contributed by atoms with E-state index in [1.54, 1.807) is 0 Å². The average Bonchev–Trinajstić information content (AvgIpc) is 3.84. The van der Waals surface area contributed by atoms with Crippen LogP contribution in [0.15, 0.2) is 205 Å². The van der Waals surface area contributed by atoms with Crippen LogP contribution >= 0.6 is 0 Å². The van der Waals surface area contributed by atoms with Crippen LogP contribution in [0.4, 0.5) is 0 Å². The number of aromatic nitrogens is 3. The minimum absolute atomic E-state index is 0.667. The Hall–Kier alpha value is -7.82. The smallest absolute Gasteiger partial charge is 0.161 e. The molecule has 0 aliphatic carbocycles. The molecule has 0 saturated heterocycles. The van der Waals surface area contributed by atoms with E-state index >= 15 is 0 Å². The molecular formula is C54H33N3O. The van der Waals surface area contributed by atoms with Crippen molar-refractivity contribution in [1.29, 1.82) is 0 Å². The summed E-state index contributed by atoms with van der Waals surface area (Å²) in [6.07, 6.45) is 0. The first-order valence-corrected chi connectivity index (χ1v) is 19.7. The highest BCUT2D eigenvalue weighted by Gasteiger charge is 2.19. The third-order valence-corrected chi connectivity index (χ3v) is 11.6. The summed E-state index contributed by atoms with van der Waals surface area (Å²) in [6, 6.07) is 70.9. The van der Waals surface area contributed by atoms with Crippen LogP contribution in [0.1, 0.15) is 0 Å². The number of benzene rings is 9. The van der Waals surface area contributed by atoms with Crippen LogP contribution in [0.2, 0.25) is 0 Å². The molecule has 58 heavy (non-hydrogen) atoms. The SMILES string of the molecule is c1ccc(-n2c3ccccc3c3cc(-c4ccc5oc6cccc(-c7nc(-c8ccc(-c9cccc%10ccccc9%10)cc8)c8ccccc8n7)c6c5c4)ccc32)cc1. The Morgan fingerprint density at radius 3 is 1.90 bits per heavy atom. The highest BCUT2D eigenvalue weighted by atomic mass is 16.3. The van der Waals surface area contributed by atoms with Gasteiger partial charge in [0.25, 0.3) is 0 Å². The van der Waals surface area contributed by atoms with E-state index in [2.05, 4.69) is 187 Å². The third-order valence-electron chi connectivity index (χ3n) is 11.6. The fraction of sp³-hybridized carbons (Fsp3) is 0. The maximum absolute atomic E-state index is 6.51. The minimum atomic E-state index is 0.667. The number of nitrogens with zero attached hydrogens (tertiary/aromatic N) is 3. The highest BCUT2D eigenvalue weighted by Crippen LogP contribution is 2.41. The van der Waals surface area contributed by atoms with Gasteiger partial charge in [0, 0.05) is 43.7 Å². The van der Waals surface area contributed by atoms with Crippen molar-refractivity contribution in [2.24, 2.45) is 0 Å². The van der Waals surface area contributed by atoms with Gasteiger partial charge in [0.15, 0.2) is 5.82 Å². The number of furan rings is 1. The van der Waals surface area contributed by atoms with Crippen molar-refractivity contribution in [2.75, 3.05) is 0 Å². The van der Waals surface area contributed by atoms with E-state index in [1.165, 1.54) is 43.7 Å². The Morgan fingerprint density at radius 1 is 0.379 bits per heavy atom. The number of para-hydroxylation sites is 3. The maximum Gasteiger partial charge on any atom is 0.161 e. The standard InChI is InChI=1S/C54H33N3O/c1-2-14-39(15-3-1)57-48-22-9-7-17-42(48)45-32-37(28-30-49(45)57)38-29-31-50-46(33-38)52-44(20-11-23-51(52)58-50)54-55-47-21-8-6-18-43(47)53(56-54)36-26-24-35(25-27-36)41-19-10-13-34-12-4-5-16-40(34)41/h1-33H. The van der Waals surface area contributed by atoms with E-state index in [0.717, 1.165) is 66.5 Å². The zero-order valence-electron chi connectivity index (χ0n) is 31.3. The van der Waals surface area contributed by atoms with Crippen molar-refractivity contribution in [2.45, 2.75) is 0 Å². The van der Waals surface area contributed by atoms with Gasteiger partial charge in [0.05, 0.1) is 22.2 Å². The molecule has 12 rings (SSSR count). The Balaban J connectivity index is 0.995. The lowest BCUT2D eigenvalue weighted by Gasteiger charge is -2.12. The maximum atomic E-state index is 6.51. The summed E-state index contributed by atoms with van der Waals surface area (Å²) in [5.41, 5.74) is 13.6. The van der Waals surface area contributed by atoms with Crippen LogP contribution in [0.25, 0.3) is 116 Å². The van der Waals surface area contributed by atoms with Crippen LogP contribution in [0.3, 0.4) is 0 Å². The molecule has 0 radical (unpaired) electrons. The summed E-state index contributed by atoms with van der Waals surface area (Å²) >= 11 is 0. The van der Waals surface area contributed by atoms with Gasteiger partial charge in [-0.3, -0.25) is 0 Å². The molecule has 0 atom stereocenters. The number of hydrogen-bond acceptors (Lipinski definition) is 3. The van der Waals surface area contributed by atoms with Gasteiger partial charge in [-0.2, -0.15) is 0 Å². The molecule has 0 unspecified atom stereocenters. The Morgan fingerprint density at radius 2 is 1.02 bits per heavy atom. The molecule has 12 aromatic rings. The average molecular weight is 740 g/mol. The van der Waals surface area contributed by atoms with Crippen molar-refractivity contribution >= 4 is 65.4 Å². The molecule has 0 aliphatic rings. The first kappa shape index (κ1) is 32.4. The van der Waals surface area contributed by atoms with E-state index in [-0.39, 0.29) is 0 Å². The van der Waals surface area contributed by atoms with Crippen molar-refractivity contribution in [3.8, 4) is 50.6 Å². The fourth-order valence-electron chi connectivity index (χ4n) is 8.90. The minimum Gasteiger partial charge on any atom is -0.456 e. The van der Waals surface area contributed by atoms with Crippen LogP contribution in [-0.4, -0.2) is 14.5 Å². The molecule has 0 bridgehead atoms. The normalized spacial score (nSPS) is 11.8. The van der Waals surface area contributed by atoms with Gasteiger partial charge in [0.2, 0.25) is 0 Å². The summed E-state index contributed by atoms with van der Waals surface area (Å²) < 4.78 is 8.87. The van der Waals surface area contributed by atoms with E-state index in [1.807, 2.05) is 18.2 Å². The van der Waals surface area contributed by atoms with Gasteiger partial charge in [-0.1, -0.05) is 146 Å². The summed E-state index contributed by atoms with van der Waals surface area (Å²) in [4.78, 5) is 10.5. The summed E-state index contributed by atoms with van der Waals surface area (Å²) in [7, 11) is 0. The van der Waals surface area contributed by atoms with Crippen LogP contribution in [0.5, 0.6) is 0 Å². The largest absolute Gasteiger partial charge is 0.456 e. The second kappa shape index (κ2) is 12.9. The van der Waals surface area contributed by atoms with E-state index in [4.69, 9.17) is 14.4 Å². The molecule has 0 amide bonds. The van der Waals surface area contributed by atoms with Crippen LogP contribution in [-0.2, 0) is 0 Å². The van der Waals surface area contributed by atoms with Gasteiger partial charge < -0.3 is 8.98 Å². The molecular weight excluding hydrogens is 707 g/mol. The van der Waals surface area contributed by atoms with Crippen molar-refractivity contribution in [1.82, 2.24) is 14.5 Å². The van der Waals surface area contributed by atoms with E-state index in [9.17, 15) is 0 Å². The fourth-order valence-corrected chi connectivity index (χ4v) is 8.90. The first-order chi connectivity index (χ1) is 28.7. The lowest BCUT2D eigenvalue weighted by atomic mass is 9.96. The van der Waals surface area contributed by atoms with Crippen molar-refractivity contribution in [3.05, 3.63) is 200 Å². The molecule has 0 N–H and O–H groups in total. The number of fused-ring (bicyclic) bond motifs is 8. The number of hydrogen-bond donors (Lipinski definition) is 0. The van der Waals surface area contributed by atoms with E-state index in [0.29, 0.717) is 5.82 Å². The Bertz CT molecular complexity index is 3560. The van der Waals surface area contributed by atoms with Gasteiger partial charge in [0.1, 0.15) is 11.2 Å². The summed E-state index contributed by atoms with van der Waals surface area (Å²) in [5, 5.41) is 7.98. The molecule has 3 heterocycles. The van der Waals surface area contributed by atoms with Gasteiger partial charge in [-0.25, -0.2) is 9.97 Å². The zero-order valence-corrected chi connectivity index (χ0v) is 31.3. The second-order valence-electron chi connectivity index (χ2n) is 14.9. The summed E-state index contributed by atoms with van der Waals surface area (Å²) in [6.45, 7) is 0. The van der Waals surface area contributed by atoms with Crippen LogP contribution < -0.4 is 0 Å². The van der Waals surface area contributed by atoms with Crippen molar-refractivity contribution in [3.63, 3.8) is 0 Å². The third kappa shape index (κ3) is 5.09. The molecule has 4 nitrogen and oxygen atoms in total. The highest BCUT2D eigenvalue weighted by molar-refractivity contribution is 6.14. The molecule has 270 valence electrons. The van der Waals surface area contributed by atoms with Gasteiger partial charge >= 0.3 is 0 Å². The van der Waals surface area contributed by atoms with Gasteiger partial charge in [-0.05, 0) is 87.6 Å². The van der Waals surface area contributed by atoms with Crippen LogP contribution in [0, 0.1) is 0 Å². The Kier molecular flexibility index (Phi) is 7.20. The molecule has 4 heteroatoms. The predicted molar refractivity (Wildman–Crippen MR) is 240 cm³/mol. The first-order valence-electron chi connectivity index (χ1n) is 19.7. The Labute approximate surface area is 333 Å². The molecule has 0 aliphatic heterocycles. The van der Waals surface area contributed by atoms with Crippen molar-refractivity contribution < 1.29 is 4.42 Å². The monoisotopic (exact) mass is 739 g/mol. The molecule has 0 spiro atoms. The molecule has 0 saturated carbocycles. The summed E-state index contributed by atoms with van der Waals surface area (Å²) in [5.74, 6) is 0.667. The topological polar surface area (TPSA) is 43.9 Å². The predicted octanol–water partition coefficient (Wildman–Crippen LogP) is 14.4. The molecule has 0 fully saturated rings.